The molecule has 0 spiro atoms. The van der Waals surface area contributed by atoms with Gasteiger partial charge in [-0.05, 0) is 24.6 Å². The Morgan fingerprint density at radius 3 is 2.71 bits per heavy atom. The second kappa shape index (κ2) is 7.09. The molecule has 0 bridgehead atoms. The Morgan fingerprint density at radius 1 is 1.64 bits per heavy atom. The van der Waals surface area contributed by atoms with E-state index >= 15 is 0 Å². The molecule has 0 amide bonds. The van der Waals surface area contributed by atoms with Crippen LogP contribution in [-0.4, -0.2) is 17.6 Å². The van der Waals surface area contributed by atoms with E-state index in [1.807, 2.05) is 6.92 Å². The van der Waals surface area contributed by atoms with Crippen LogP contribution >= 0.6 is 11.6 Å². The standard InChI is InChI=1S/C10H13ClN2O/c1-4-6-7-9(13-10(11)12)8(3)14-5-2/h4,6-7,12H,1,3,5H2,2H3/b7-6+,12-10?,13-9+. The van der Waals surface area contributed by atoms with Crippen molar-refractivity contribution >= 4 is 22.6 Å². The second-order valence-corrected chi connectivity index (χ2v) is 2.60. The third-order valence-electron chi connectivity index (χ3n) is 1.21. The molecular weight excluding hydrogens is 200 g/mol. The van der Waals surface area contributed by atoms with Gasteiger partial charge in [0.15, 0.2) is 0 Å². The van der Waals surface area contributed by atoms with Crippen LogP contribution in [0, 0.1) is 5.41 Å². The van der Waals surface area contributed by atoms with Crippen LogP contribution < -0.4 is 0 Å². The number of hydrogen-bond acceptors (Lipinski definition) is 2. The summed E-state index contributed by atoms with van der Waals surface area (Å²) in [4.78, 5) is 3.74. The lowest BCUT2D eigenvalue weighted by Crippen LogP contribution is -2.04. The van der Waals surface area contributed by atoms with Gasteiger partial charge in [-0.3, -0.25) is 5.41 Å². The van der Waals surface area contributed by atoms with Gasteiger partial charge in [-0.25, -0.2) is 4.99 Å². The number of allylic oxidation sites excluding steroid dienone is 3. The molecule has 0 saturated carbocycles. The number of hydrogen-bond donors (Lipinski definition) is 1. The molecule has 0 heterocycles. The zero-order valence-electron chi connectivity index (χ0n) is 8.09. The first-order chi connectivity index (χ1) is 6.61. The van der Waals surface area contributed by atoms with E-state index in [0.717, 1.165) is 0 Å². The Kier molecular flexibility index (Phi) is 6.41. The maximum Gasteiger partial charge on any atom is 0.215 e. The SMILES string of the molecule is C=C/C=C/C(=N\C(=N)Cl)C(=C)OCC. The van der Waals surface area contributed by atoms with Crippen LogP contribution in [0.15, 0.2) is 42.1 Å². The Hall–Kier alpha value is -1.35. The lowest BCUT2D eigenvalue weighted by Gasteiger charge is -2.05. The van der Waals surface area contributed by atoms with Crippen molar-refractivity contribution in [3.05, 3.63) is 37.1 Å². The highest BCUT2D eigenvalue weighted by Crippen LogP contribution is 2.01. The van der Waals surface area contributed by atoms with Crippen molar-refractivity contribution in [2.24, 2.45) is 4.99 Å². The summed E-state index contributed by atoms with van der Waals surface area (Å²) in [5.41, 5.74) is 0.423. The van der Waals surface area contributed by atoms with Crippen molar-refractivity contribution in [3.63, 3.8) is 0 Å². The summed E-state index contributed by atoms with van der Waals surface area (Å²) < 4.78 is 5.14. The van der Waals surface area contributed by atoms with E-state index in [4.69, 9.17) is 21.7 Å². The first-order valence-corrected chi connectivity index (χ1v) is 4.43. The molecule has 0 unspecified atom stereocenters. The minimum Gasteiger partial charge on any atom is -0.492 e. The number of ether oxygens (including phenoxy) is 1. The van der Waals surface area contributed by atoms with Gasteiger partial charge in [-0.2, -0.15) is 0 Å². The van der Waals surface area contributed by atoms with E-state index in [0.29, 0.717) is 18.1 Å². The summed E-state index contributed by atoms with van der Waals surface area (Å²) in [5, 5.41) is 6.70. The number of nitrogens with one attached hydrogen (secondary N) is 1. The highest BCUT2D eigenvalue weighted by Gasteiger charge is 2.01. The maximum absolute atomic E-state index is 7.01. The quantitative estimate of drug-likeness (QED) is 0.246. The molecule has 0 fully saturated rings. The molecule has 3 nitrogen and oxygen atoms in total. The molecule has 0 rings (SSSR count). The molecule has 0 aliphatic rings. The van der Waals surface area contributed by atoms with E-state index in [9.17, 15) is 0 Å². The molecule has 0 aliphatic heterocycles. The lowest BCUT2D eigenvalue weighted by atomic mass is 10.3. The fourth-order valence-electron chi connectivity index (χ4n) is 0.706. The van der Waals surface area contributed by atoms with Crippen LogP contribution in [0.2, 0.25) is 0 Å². The van der Waals surface area contributed by atoms with E-state index < -0.39 is 0 Å². The molecule has 1 N–H and O–H groups in total. The highest BCUT2D eigenvalue weighted by atomic mass is 35.5. The number of rotatable bonds is 5. The molecule has 0 aromatic carbocycles. The summed E-state index contributed by atoms with van der Waals surface area (Å²) in [6.07, 6.45) is 4.89. The molecule has 0 radical (unpaired) electrons. The van der Waals surface area contributed by atoms with Gasteiger partial charge < -0.3 is 4.74 Å². The van der Waals surface area contributed by atoms with E-state index in [1.165, 1.54) is 0 Å². The first kappa shape index (κ1) is 12.7. The summed E-state index contributed by atoms with van der Waals surface area (Å²) in [7, 11) is 0. The Labute approximate surface area is 89.0 Å². The summed E-state index contributed by atoms with van der Waals surface area (Å²) >= 11 is 5.34. The molecule has 0 saturated heterocycles. The molecule has 0 atom stereocenters. The largest absolute Gasteiger partial charge is 0.492 e. The summed E-state index contributed by atoms with van der Waals surface area (Å²) in [5.74, 6) is 0.385. The minimum absolute atomic E-state index is 0.311. The van der Waals surface area contributed by atoms with Gasteiger partial charge >= 0.3 is 0 Å². The van der Waals surface area contributed by atoms with Crippen LogP contribution in [0.3, 0.4) is 0 Å². The normalized spacial score (nSPS) is 11.4. The van der Waals surface area contributed by atoms with E-state index in [-0.39, 0.29) is 5.29 Å². The smallest absolute Gasteiger partial charge is 0.215 e. The first-order valence-electron chi connectivity index (χ1n) is 4.05. The molecule has 0 aromatic heterocycles. The maximum atomic E-state index is 7.01. The number of aliphatic imine (C=N–C) groups is 1. The van der Waals surface area contributed by atoms with Crippen LogP contribution in [-0.2, 0) is 4.74 Å². The summed E-state index contributed by atoms with van der Waals surface area (Å²) in [6.45, 7) is 9.51. The average molecular weight is 213 g/mol. The van der Waals surface area contributed by atoms with E-state index in [1.54, 1.807) is 18.2 Å². The minimum atomic E-state index is -0.311. The van der Waals surface area contributed by atoms with Gasteiger partial charge in [0, 0.05) is 0 Å². The van der Waals surface area contributed by atoms with Crippen molar-refractivity contribution < 1.29 is 4.74 Å². The zero-order valence-corrected chi connectivity index (χ0v) is 8.84. The van der Waals surface area contributed by atoms with Crippen molar-refractivity contribution in [1.29, 1.82) is 5.41 Å². The van der Waals surface area contributed by atoms with Gasteiger partial charge in [0.05, 0.1) is 6.61 Å². The van der Waals surface area contributed by atoms with Gasteiger partial charge in [-0.15, -0.1) is 0 Å². The van der Waals surface area contributed by atoms with Gasteiger partial charge in [0.2, 0.25) is 5.29 Å². The Morgan fingerprint density at radius 2 is 2.29 bits per heavy atom. The van der Waals surface area contributed by atoms with Crippen molar-refractivity contribution in [3.8, 4) is 0 Å². The fraction of sp³-hybridized carbons (Fsp3) is 0.200. The third kappa shape index (κ3) is 5.32. The van der Waals surface area contributed by atoms with Gasteiger partial charge in [-0.1, -0.05) is 25.3 Å². The average Bonchev–Trinajstić information content (AvgIpc) is 2.12. The predicted molar refractivity (Wildman–Crippen MR) is 61.1 cm³/mol. The molecule has 4 heteroatoms. The monoisotopic (exact) mass is 212 g/mol. The fourth-order valence-corrected chi connectivity index (χ4v) is 0.797. The Balaban J connectivity index is 4.71. The van der Waals surface area contributed by atoms with Crippen LogP contribution in [0.4, 0.5) is 0 Å². The second-order valence-electron chi connectivity index (χ2n) is 2.24. The van der Waals surface area contributed by atoms with Gasteiger partial charge in [0.1, 0.15) is 11.5 Å². The number of halogens is 1. The molecule has 76 valence electrons. The van der Waals surface area contributed by atoms with Crippen molar-refractivity contribution in [2.45, 2.75) is 6.92 Å². The zero-order chi connectivity index (χ0) is 11.0. The Bertz CT molecular complexity index is 292. The topological polar surface area (TPSA) is 45.4 Å². The van der Waals surface area contributed by atoms with Crippen molar-refractivity contribution in [1.82, 2.24) is 0 Å². The summed E-state index contributed by atoms with van der Waals surface area (Å²) in [6, 6.07) is 0. The lowest BCUT2D eigenvalue weighted by molar-refractivity contribution is 0.251. The van der Waals surface area contributed by atoms with Crippen LogP contribution in [0.25, 0.3) is 0 Å². The third-order valence-corrected chi connectivity index (χ3v) is 1.30. The highest BCUT2D eigenvalue weighted by molar-refractivity contribution is 6.65. The number of amidine groups is 1. The predicted octanol–water partition coefficient (Wildman–Crippen LogP) is 2.89. The molecular formula is C10H13ClN2O. The van der Waals surface area contributed by atoms with Crippen LogP contribution in [0.5, 0.6) is 0 Å². The van der Waals surface area contributed by atoms with Crippen molar-refractivity contribution in [2.75, 3.05) is 6.61 Å². The van der Waals surface area contributed by atoms with E-state index in [2.05, 4.69) is 18.2 Å². The molecule has 0 aliphatic carbocycles. The van der Waals surface area contributed by atoms with Gasteiger partial charge in [0.25, 0.3) is 0 Å². The molecule has 14 heavy (non-hydrogen) atoms. The number of nitrogens with zero attached hydrogens (tertiary/aromatic N) is 1. The van der Waals surface area contributed by atoms with Crippen LogP contribution in [0.1, 0.15) is 6.92 Å². The molecule has 0 aromatic rings.